The number of carbonyl (C=O) groups is 2. The maximum atomic E-state index is 12.3. The molecular formula is C19H18O8. The molecule has 0 bridgehead atoms. The van der Waals surface area contributed by atoms with Gasteiger partial charge in [-0.25, -0.2) is 4.79 Å². The molecule has 27 heavy (non-hydrogen) atoms. The lowest BCUT2D eigenvalue weighted by molar-refractivity contribution is 0.0474. The predicted octanol–water partition coefficient (Wildman–Crippen LogP) is 2.48. The largest absolute Gasteiger partial charge is 0.493 e. The van der Waals surface area contributed by atoms with Crippen LogP contribution in [0.4, 0.5) is 0 Å². The molecule has 2 aromatic rings. The summed E-state index contributed by atoms with van der Waals surface area (Å²) in [4.78, 5) is 24.6. The summed E-state index contributed by atoms with van der Waals surface area (Å²) in [5, 5.41) is 0. The molecule has 0 amide bonds. The lowest BCUT2D eigenvalue weighted by Crippen LogP contribution is -2.14. The molecule has 8 heteroatoms. The van der Waals surface area contributed by atoms with Crippen molar-refractivity contribution < 1.29 is 38.0 Å². The fourth-order valence-corrected chi connectivity index (χ4v) is 2.57. The van der Waals surface area contributed by atoms with Crippen LogP contribution in [0.5, 0.6) is 28.7 Å². The molecule has 0 aromatic heterocycles. The van der Waals surface area contributed by atoms with E-state index in [1.54, 1.807) is 18.2 Å². The Morgan fingerprint density at radius 1 is 0.889 bits per heavy atom. The second kappa shape index (κ2) is 7.86. The van der Waals surface area contributed by atoms with Crippen molar-refractivity contribution in [1.82, 2.24) is 0 Å². The first-order valence-corrected chi connectivity index (χ1v) is 7.97. The van der Waals surface area contributed by atoms with E-state index in [9.17, 15) is 9.59 Å². The molecule has 0 saturated heterocycles. The third-order valence-electron chi connectivity index (χ3n) is 3.93. The topological polar surface area (TPSA) is 89.5 Å². The standard InChI is InChI=1S/C19H18O8/c1-22-16-7-12(8-17(23-2)18(16)24-3)19(21)25-9-13(20)11-4-5-14-15(6-11)27-10-26-14/h4-8H,9-10H2,1-3H3. The van der Waals surface area contributed by atoms with Crippen LogP contribution in [-0.4, -0.2) is 46.5 Å². The number of esters is 1. The van der Waals surface area contributed by atoms with Crippen LogP contribution in [-0.2, 0) is 4.74 Å². The fraction of sp³-hybridized carbons (Fsp3) is 0.263. The van der Waals surface area contributed by atoms with E-state index in [1.165, 1.54) is 33.5 Å². The third-order valence-corrected chi connectivity index (χ3v) is 3.93. The van der Waals surface area contributed by atoms with E-state index in [1.807, 2.05) is 0 Å². The van der Waals surface area contributed by atoms with E-state index in [0.29, 0.717) is 34.3 Å². The number of benzene rings is 2. The van der Waals surface area contributed by atoms with Gasteiger partial charge in [0.15, 0.2) is 35.4 Å². The summed E-state index contributed by atoms with van der Waals surface area (Å²) in [7, 11) is 4.34. The van der Waals surface area contributed by atoms with Crippen LogP contribution in [0.3, 0.4) is 0 Å². The number of fused-ring (bicyclic) bond motifs is 1. The second-order valence-electron chi connectivity index (χ2n) is 5.48. The first-order chi connectivity index (χ1) is 13.1. The number of carbonyl (C=O) groups excluding carboxylic acids is 2. The van der Waals surface area contributed by atoms with Gasteiger partial charge in [0.2, 0.25) is 12.5 Å². The number of ether oxygens (including phenoxy) is 6. The molecule has 0 aliphatic carbocycles. The lowest BCUT2D eigenvalue weighted by Gasteiger charge is -2.13. The SMILES string of the molecule is COc1cc(C(=O)OCC(=O)c2ccc3c(c2)OCO3)cc(OC)c1OC. The Morgan fingerprint density at radius 3 is 2.19 bits per heavy atom. The van der Waals surface area contributed by atoms with Crippen LogP contribution < -0.4 is 23.7 Å². The average molecular weight is 374 g/mol. The molecule has 0 unspecified atom stereocenters. The molecule has 2 aromatic carbocycles. The lowest BCUT2D eigenvalue weighted by atomic mass is 10.1. The number of methoxy groups -OCH3 is 3. The van der Waals surface area contributed by atoms with Gasteiger partial charge in [-0.2, -0.15) is 0 Å². The Morgan fingerprint density at radius 2 is 1.56 bits per heavy atom. The smallest absolute Gasteiger partial charge is 0.338 e. The first kappa shape index (κ1) is 18.4. The van der Waals surface area contributed by atoms with E-state index in [2.05, 4.69) is 0 Å². The number of Topliss-reactive ketones (excluding diaryl/α,β-unsaturated/α-hetero) is 1. The Labute approximate surface area is 155 Å². The molecule has 0 spiro atoms. The van der Waals surface area contributed by atoms with Gasteiger partial charge in [0.1, 0.15) is 0 Å². The van der Waals surface area contributed by atoms with Crippen LogP contribution in [0, 0.1) is 0 Å². The molecule has 0 N–H and O–H groups in total. The average Bonchev–Trinajstić information content (AvgIpc) is 3.18. The first-order valence-electron chi connectivity index (χ1n) is 7.97. The summed E-state index contributed by atoms with van der Waals surface area (Å²) in [5.74, 6) is 0.972. The zero-order valence-electron chi connectivity index (χ0n) is 15.1. The van der Waals surface area contributed by atoms with Crippen LogP contribution in [0.2, 0.25) is 0 Å². The van der Waals surface area contributed by atoms with Crippen molar-refractivity contribution in [3.05, 3.63) is 41.5 Å². The van der Waals surface area contributed by atoms with Crippen molar-refractivity contribution in [2.75, 3.05) is 34.7 Å². The summed E-state index contributed by atoms with van der Waals surface area (Å²) in [6.45, 7) is -0.307. The highest BCUT2D eigenvalue weighted by atomic mass is 16.7. The minimum absolute atomic E-state index is 0.114. The summed E-state index contributed by atoms with van der Waals surface area (Å²) in [6, 6.07) is 7.68. The molecule has 0 atom stereocenters. The normalized spacial score (nSPS) is 11.7. The van der Waals surface area contributed by atoms with Crippen molar-refractivity contribution in [1.29, 1.82) is 0 Å². The van der Waals surface area contributed by atoms with Crippen LogP contribution in [0.25, 0.3) is 0 Å². The van der Waals surface area contributed by atoms with Gasteiger partial charge in [-0.3, -0.25) is 4.79 Å². The van der Waals surface area contributed by atoms with Crippen molar-refractivity contribution >= 4 is 11.8 Å². The van der Waals surface area contributed by atoms with Crippen molar-refractivity contribution in [3.8, 4) is 28.7 Å². The van der Waals surface area contributed by atoms with E-state index in [-0.39, 0.29) is 18.1 Å². The molecule has 142 valence electrons. The second-order valence-corrected chi connectivity index (χ2v) is 5.48. The molecular weight excluding hydrogens is 356 g/mol. The molecule has 3 rings (SSSR count). The van der Waals surface area contributed by atoms with Gasteiger partial charge in [-0.05, 0) is 30.3 Å². The monoisotopic (exact) mass is 374 g/mol. The van der Waals surface area contributed by atoms with Crippen LogP contribution in [0.15, 0.2) is 30.3 Å². The number of rotatable bonds is 7. The van der Waals surface area contributed by atoms with Crippen LogP contribution in [0.1, 0.15) is 20.7 Å². The van der Waals surface area contributed by atoms with Gasteiger partial charge < -0.3 is 28.4 Å². The summed E-state index contributed by atoms with van der Waals surface area (Å²) < 4.78 is 31.2. The number of ketones is 1. The Kier molecular flexibility index (Phi) is 5.35. The fourth-order valence-electron chi connectivity index (χ4n) is 2.57. The molecule has 0 saturated carbocycles. The summed E-state index contributed by atoms with van der Waals surface area (Å²) >= 11 is 0. The summed E-state index contributed by atoms with van der Waals surface area (Å²) in [6.07, 6.45) is 0. The van der Waals surface area contributed by atoms with E-state index < -0.39 is 12.6 Å². The minimum atomic E-state index is -0.691. The molecule has 0 fully saturated rings. The predicted molar refractivity (Wildman–Crippen MR) is 93.3 cm³/mol. The van der Waals surface area contributed by atoms with Gasteiger partial charge in [0.05, 0.1) is 26.9 Å². The van der Waals surface area contributed by atoms with Crippen molar-refractivity contribution in [2.45, 2.75) is 0 Å². The zero-order valence-corrected chi connectivity index (χ0v) is 15.1. The molecule has 1 heterocycles. The highest BCUT2D eigenvalue weighted by Crippen LogP contribution is 2.38. The zero-order chi connectivity index (χ0) is 19.4. The van der Waals surface area contributed by atoms with Gasteiger partial charge in [-0.1, -0.05) is 0 Å². The van der Waals surface area contributed by atoms with Gasteiger partial charge in [0.25, 0.3) is 0 Å². The molecule has 1 aliphatic heterocycles. The maximum absolute atomic E-state index is 12.3. The van der Waals surface area contributed by atoms with Gasteiger partial charge in [0, 0.05) is 5.56 Å². The molecule has 8 nitrogen and oxygen atoms in total. The van der Waals surface area contributed by atoms with E-state index in [4.69, 9.17) is 28.4 Å². The van der Waals surface area contributed by atoms with E-state index >= 15 is 0 Å². The van der Waals surface area contributed by atoms with Crippen LogP contribution >= 0.6 is 0 Å². The molecule has 1 aliphatic rings. The highest BCUT2D eigenvalue weighted by molar-refractivity contribution is 6.00. The highest BCUT2D eigenvalue weighted by Gasteiger charge is 2.20. The Balaban J connectivity index is 1.71. The van der Waals surface area contributed by atoms with Crippen molar-refractivity contribution in [2.24, 2.45) is 0 Å². The molecule has 0 radical (unpaired) electrons. The maximum Gasteiger partial charge on any atom is 0.338 e. The van der Waals surface area contributed by atoms with E-state index in [0.717, 1.165) is 0 Å². The number of hydrogen-bond acceptors (Lipinski definition) is 8. The Hall–Kier alpha value is -3.42. The minimum Gasteiger partial charge on any atom is -0.493 e. The summed E-state index contributed by atoms with van der Waals surface area (Å²) in [5.41, 5.74) is 0.528. The van der Waals surface area contributed by atoms with Gasteiger partial charge in [-0.15, -0.1) is 0 Å². The van der Waals surface area contributed by atoms with Crippen molar-refractivity contribution in [3.63, 3.8) is 0 Å². The van der Waals surface area contributed by atoms with Gasteiger partial charge >= 0.3 is 5.97 Å². The number of hydrogen-bond donors (Lipinski definition) is 0. The Bertz CT molecular complexity index is 849. The third kappa shape index (κ3) is 3.74. The quantitative estimate of drug-likeness (QED) is 0.539.